The summed E-state index contributed by atoms with van der Waals surface area (Å²) >= 11 is 0. The average molecular weight is 425 g/mol. The minimum Gasteiger partial charge on any atom is -0.417 e. The second-order valence-corrected chi connectivity index (χ2v) is 7.79. The molecule has 1 N–H and O–H groups in total. The molecule has 5 heterocycles. The number of rotatable bonds is 4. The quantitative estimate of drug-likeness (QED) is 0.539. The zero-order valence-corrected chi connectivity index (χ0v) is 16.2. The number of amides is 1. The van der Waals surface area contributed by atoms with E-state index in [0.29, 0.717) is 35.8 Å². The number of H-pyrrole nitrogens is 1. The van der Waals surface area contributed by atoms with Gasteiger partial charge in [-0.15, -0.1) is 10.2 Å². The molecule has 9 nitrogen and oxygen atoms in total. The number of carbonyl (C=O) groups is 1. The number of carbonyl (C=O) groups excluding carboxylic acids is 1. The van der Waals surface area contributed by atoms with Gasteiger partial charge in [0.2, 0.25) is 5.89 Å². The summed E-state index contributed by atoms with van der Waals surface area (Å²) in [5.41, 5.74) is 2.24. The van der Waals surface area contributed by atoms with Crippen LogP contribution in [0.3, 0.4) is 0 Å². The Balaban J connectivity index is 1.44. The zero-order chi connectivity index (χ0) is 21.1. The molecular formula is C20H17F2N7O2. The molecular weight excluding hydrogens is 408 g/mol. The Morgan fingerprint density at radius 1 is 1.26 bits per heavy atom. The van der Waals surface area contributed by atoms with E-state index in [1.807, 2.05) is 0 Å². The highest BCUT2D eigenvalue weighted by molar-refractivity contribution is 5.90. The summed E-state index contributed by atoms with van der Waals surface area (Å²) in [6, 6.07) is 5.62. The average Bonchev–Trinajstić information content (AvgIpc) is 3.19. The van der Waals surface area contributed by atoms with E-state index in [1.54, 1.807) is 29.4 Å². The van der Waals surface area contributed by atoms with Crippen LogP contribution in [0.1, 0.15) is 70.6 Å². The Bertz CT molecular complexity index is 1290. The van der Waals surface area contributed by atoms with Gasteiger partial charge in [-0.2, -0.15) is 5.10 Å². The number of hydrogen-bond donors (Lipinski definition) is 1. The third-order valence-corrected chi connectivity index (χ3v) is 5.77. The van der Waals surface area contributed by atoms with Gasteiger partial charge in [0.05, 0.1) is 23.2 Å². The smallest absolute Gasteiger partial charge is 0.312 e. The van der Waals surface area contributed by atoms with E-state index in [2.05, 4.69) is 25.3 Å². The molecule has 158 valence electrons. The van der Waals surface area contributed by atoms with Crippen LogP contribution in [-0.2, 0) is 6.42 Å². The van der Waals surface area contributed by atoms with Gasteiger partial charge in [0.1, 0.15) is 11.7 Å². The normalized spacial score (nSPS) is 18.7. The number of hydrogen-bond acceptors (Lipinski definition) is 6. The van der Waals surface area contributed by atoms with Crippen molar-refractivity contribution in [3.05, 3.63) is 65.1 Å². The number of fused-ring (bicyclic) bond motifs is 2. The van der Waals surface area contributed by atoms with Crippen molar-refractivity contribution in [2.24, 2.45) is 0 Å². The van der Waals surface area contributed by atoms with Gasteiger partial charge in [-0.25, -0.2) is 18.3 Å². The second-order valence-electron chi connectivity index (χ2n) is 7.79. The second kappa shape index (κ2) is 6.69. The van der Waals surface area contributed by atoms with E-state index in [9.17, 15) is 13.6 Å². The Hall–Kier alpha value is -3.63. The molecule has 1 fully saturated rings. The van der Waals surface area contributed by atoms with Gasteiger partial charge >= 0.3 is 11.8 Å². The van der Waals surface area contributed by atoms with Crippen molar-refractivity contribution in [2.75, 3.05) is 6.54 Å². The molecule has 0 saturated heterocycles. The van der Waals surface area contributed by atoms with Crippen molar-refractivity contribution in [3.8, 4) is 0 Å². The number of imidazole rings is 1. The van der Waals surface area contributed by atoms with E-state index >= 15 is 0 Å². The summed E-state index contributed by atoms with van der Waals surface area (Å²) in [5, 5.41) is 12.4. The van der Waals surface area contributed by atoms with Crippen LogP contribution in [0.15, 0.2) is 35.0 Å². The van der Waals surface area contributed by atoms with Crippen LogP contribution in [-0.4, -0.2) is 47.1 Å². The molecule has 11 heteroatoms. The van der Waals surface area contributed by atoms with Crippen LogP contribution in [0.4, 0.5) is 8.78 Å². The molecule has 4 aromatic heterocycles. The van der Waals surface area contributed by atoms with E-state index in [0.717, 1.165) is 18.5 Å². The lowest BCUT2D eigenvalue weighted by Gasteiger charge is -2.32. The van der Waals surface area contributed by atoms with E-state index < -0.39 is 18.4 Å². The van der Waals surface area contributed by atoms with E-state index in [4.69, 9.17) is 4.42 Å². The minimum atomic E-state index is -2.68. The number of pyridine rings is 1. The largest absolute Gasteiger partial charge is 0.417 e. The molecule has 6 rings (SSSR count). The van der Waals surface area contributed by atoms with Crippen LogP contribution in [0, 0.1) is 0 Å². The molecule has 4 aromatic rings. The molecule has 1 aliphatic carbocycles. The number of alkyl halides is 2. The lowest BCUT2D eigenvalue weighted by atomic mass is 9.99. The fourth-order valence-electron chi connectivity index (χ4n) is 4.09. The highest BCUT2D eigenvalue weighted by Gasteiger charge is 2.39. The standard InChI is InChI=1S/C20H17F2N7O2/c21-17(22)14-3-1-2-11-8-13(27-29(11)14)16-15-12(23-9-24-15)6-7-28(16)20(30)19-26-25-18(31-19)10-4-5-10/h1-3,8-10,16-17H,4-7H2,(H,23,24). The molecule has 1 unspecified atom stereocenters. The van der Waals surface area contributed by atoms with Crippen molar-refractivity contribution in [2.45, 2.75) is 37.6 Å². The number of aromatic amines is 1. The van der Waals surface area contributed by atoms with Crippen molar-refractivity contribution in [1.82, 2.24) is 34.7 Å². The summed E-state index contributed by atoms with van der Waals surface area (Å²) in [5.74, 6) is 0.203. The van der Waals surface area contributed by atoms with Crippen LogP contribution < -0.4 is 0 Å². The first kappa shape index (κ1) is 18.2. The van der Waals surface area contributed by atoms with Gasteiger partial charge in [0, 0.05) is 24.6 Å². The highest BCUT2D eigenvalue weighted by Crippen LogP contribution is 2.40. The topological polar surface area (TPSA) is 105 Å². The SMILES string of the molecule is O=C(c1nnc(C2CC2)o1)N1CCc2[nH]cnc2C1c1cc2cccc(C(F)F)n2n1. The Morgan fingerprint density at radius 2 is 2.13 bits per heavy atom. The van der Waals surface area contributed by atoms with Crippen LogP contribution in [0.5, 0.6) is 0 Å². The number of nitrogens with zero attached hydrogens (tertiary/aromatic N) is 6. The van der Waals surface area contributed by atoms with Crippen molar-refractivity contribution in [3.63, 3.8) is 0 Å². The molecule has 0 aromatic carbocycles. The lowest BCUT2D eigenvalue weighted by Crippen LogP contribution is -2.41. The number of nitrogens with one attached hydrogen (secondary N) is 1. The van der Waals surface area contributed by atoms with Gasteiger partial charge in [-0.05, 0) is 31.0 Å². The van der Waals surface area contributed by atoms with E-state index in [1.165, 1.54) is 10.6 Å². The maximum absolute atomic E-state index is 13.5. The third kappa shape index (κ3) is 2.91. The van der Waals surface area contributed by atoms with Gasteiger partial charge in [-0.3, -0.25) is 4.79 Å². The zero-order valence-electron chi connectivity index (χ0n) is 16.2. The summed E-state index contributed by atoms with van der Waals surface area (Å²) < 4.78 is 33.8. The fraction of sp³-hybridized carbons (Fsp3) is 0.350. The van der Waals surface area contributed by atoms with Crippen LogP contribution in [0.25, 0.3) is 5.52 Å². The van der Waals surface area contributed by atoms with Crippen molar-refractivity contribution < 1.29 is 18.0 Å². The molecule has 2 aliphatic rings. The Morgan fingerprint density at radius 3 is 2.94 bits per heavy atom. The van der Waals surface area contributed by atoms with Crippen molar-refractivity contribution >= 4 is 11.4 Å². The predicted molar refractivity (Wildman–Crippen MR) is 102 cm³/mol. The summed E-state index contributed by atoms with van der Waals surface area (Å²) in [6.07, 6.45) is 1.40. The molecule has 0 bridgehead atoms. The molecule has 0 spiro atoms. The molecule has 31 heavy (non-hydrogen) atoms. The third-order valence-electron chi connectivity index (χ3n) is 5.77. The van der Waals surface area contributed by atoms with Crippen LogP contribution in [0.2, 0.25) is 0 Å². The minimum absolute atomic E-state index is 0.0806. The first-order valence-corrected chi connectivity index (χ1v) is 10.0. The van der Waals surface area contributed by atoms with Gasteiger partial charge < -0.3 is 14.3 Å². The monoisotopic (exact) mass is 425 g/mol. The Kier molecular flexibility index (Phi) is 3.92. The number of aromatic nitrogens is 6. The predicted octanol–water partition coefficient (Wildman–Crippen LogP) is 3.04. The van der Waals surface area contributed by atoms with Crippen LogP contribution >= 0.6 is 0 Å². The Labute approximate surface area is 174 Å². The first-order chi connectivity index (χ1) is 15.1. The first-order valence-electron chi connectivity index (χ1n) is 10.0. The highest BCUT2D eigenvalue weighted by atomic mass is 19.3. The molecule has 1 amide bonds. The molecule has 1 aliphatic heterocycles. The maximum atomic E-state index is 13.5. The van der Waals surface area contributed by atoms with Gasteiger partial charge in [-0.1, -0.05) is 6.07 Å². The molecule has 1 atom stereocenters. The van der Waals surface area contributed by atoms with Gasteiger partial charge in [0.15, 0.2) is 0 Å². The molecule has 0 radical (unpaired) electrons. The van der Waals surface area contributed by atoms with Gasteiger partial charge in [0.25, 0.3) is 6.43 Å². The summed E-state index contributed by atoms with van der Waals surface area (Å²) in [6.45, 7) is 0.370. The van der Waals surface area contributed by atoms with E-state index in [-0.39, 0.29) is 17.5 Å². The summed E-state index contributed by atoms with van der Waals surface area (Å²) in [7, 11) is 0. The summed E-state index contributed by atoms with van der Waals surface area (Å²) in [4.78, 5) is 22.4. The van der Waals surface area contributed by atoms with Crippen molar-refractivity contribution in [1.29, 1.82) is 0 Å². The lowest BCUT2D eigenvalue weighted by molar-refractivity contribution is 0.0643. The fourth-order valence-corrected chi connectivity index (χ4v) is 4.09. The molecule has 1 saturated carbocycles. The maximum Gasteiger partial charge on any atom is 0.312 e. The number of halogens is 2.